The van der Waals surface area contributed by atoms with Crippen molar-refractivity contribution in [1.29, 1.82) is 0 Å². The molecule has 0 aliphatic rings. The minimum Gasteiger partial charge on any atom is -0.295 e. The molecule has 0 radical (unpaired) electrons. The van der Waals surface area contributed by atoms with E-state index in [1.807, 2.05) is 0 Å². The maximum atomic E-state index is 12.9. The number of ketones is 2. The zero-order chi connectivity index (χ0) is 20.3. The minimum absolute atomic E-state index is 0.0997. The fourth-order valence-corrected chi connectivity index (χ4v) is 4.47. The molecular weight excluding hydrogens is 442 g/mol. The topological polar surface area (TPSA) is 81.2 Å². The molecule has 142 valence electrons. The van der Waals surface area contributed by atoms with E-state index in [0.717, 1.165) is 0 Å². The Morgan fingerprint density at radius 2 is 1.57 bits per heavy atom. The molecule has 0 spiro atoms. The summed E-state index contributed by atoms with van der Waals surface area (Å²) < 4.78 is 26.4. The van der Waals surface area contributed by atoms with Crippen LogP contribution >= 0.6 is 15.9 Å². The molecule has 1 heterocycles. The normalized spacial score (nSPS) is 11.2. The minimum atomic E-state index is -3.70. The molecule has 2 aromatic carbocycles. The fraction of sp³-hybridized carbons (Fsp3) is 0.0952. The number of hydrogen-bond donors (Lipinski definition) is 0. The maximum Gasteiger partial charge on any atom is 0.193 e. The van der Waals surface area contributed by atoms with E-state index in [9.17, 15) is 18.0 Å². The van der Waals surface area contributed by atoms with E-state index in [1.165, 1.54) is 43.6 Å². The van der Waals surface area contributed by atoms with E-state index in [0.29, 0.717) is 26.7 Å². The van der Waals surface area contributed by atoms with Crippen LogP contribution in [0.15, 0.2) is 76.4 Å². The first kappa shape index (κ1) is 20.1. The molecule has 28 heavy (non-hydrogen) atoms. The average molecular weight is 458 g/mol. The Bertz CT molecular complexity index is 1140. The Kier molecular flexibility index (Phi) is 5.86. The number of sulfone groups is 1. The quantitative estimate of drug-likeness (QED) is 0.516. The van der Waals surface area contributed by atoms with E-state index < -0.39 is 9.84 Å². The lowest BCUT2D eigenvalue weighted by molar-refractivity contribution is 0.101. The number of halogens is 1. The number of pyridine rings is 1. The fourth-order valence-electron chi connectivity index (χ4n) is 2.73. The maximum absolute atomic E-state index is 12.9. The van der Waals surface area contributed by atoms with Crippen LogP contribution in [0.3, 0.4) is 0 Å². The number of benzene rings is 2. The lowest BCUT2D eigenvalue weighted by atomic mass is 10.00. The first-order valence-electron chi connectivity index (χ1n) is 8.35. The zero-order valence-electron chi connectivity index (χ0n) is 14.9. The second kappa shape index (κ2) is 8.16. The first-order chi connectivity index (χ1) is 13.3. The van der Waals surface area contributed by atoms with Crippen molar-refractivity contribution < 1.29 is 18.0 Å². The lowest BCUT2D eigenvalue weighted by Crippen LogP contribution is -2.11. The highest BCUT2D eigenvalue weighted by molar-refractivity contribution is 9.10. The smallest absolute Gasteiger partial charge is 0.193 e. The van der Waals surface area contributed by atoms with Gasteiger partial charge in [0.2, 0.25) is 0 Å². The number of rotatable bonds is 6. The Hall–Kier alpha value is -2.64. The average Bonchev–Trinajstić information content (AvgIpc) is 2.69. The Balaban J connectivity index is 1.98. The summed E-state index contributed by atoms with van der Waals surface area (Å²) in [6.07, 6.45) is 3.02. The van der Waals surface area contributed by atoms with Crippen LogP contribution in [0, 0.1) is 0 Å². The summed E-state index contributed by atoms with van der Waals surface area (Å²) in [6, 6.07) is 13.9. The number of Topliss-reactive ketones (excluding diaryl/α,β-unsaturated/α-hetero) is 1. The highest BCUT2D eigenvalue weighted by Gasteiger charge is 2.21. The van der Waals surface area contributed by atoms with E-state index in [1.54, 1.807) is 30.3 Å². The summed E-state index contributed by atoms with van der Waals surface area (Å²) in [5, 5.41) is 0. The van der Waals surface area contributed by atoms with Gasteiger partial charge in [-0.3, -0.25) is 14.6 Å². The van der Waals surface area contributed by atoms with Gasteiger partial charge < -0.3 is 0 Å². The van der Waals surface area contributed by atoms with Gasteiger partial charge in [0.15, 0.2) is 21.4 Å². The van der Waals surface area contributed by atoms with Crippen molar-refractivity contribution in [1.82, 2.24) is 4.98 Å². The van der Waals surface area contributed by atoms with Gasteiger partial charge in [-0.05, 0) is 48.9 Å². The number of hydrogen-bond acceptors (Lipinski definition) is 5. The summed E-state index contributed by atoms with van der Waals surface area (Å²) in [5.74, 6) is -0.741. The van der Waals surface area contributed by atoms with Crippen LogP contribution in [0.25, 0.3) is 0 Å². The van der Waals surface area contributed by atoms with Crippen molar-refractivity contribution >= 4 is 37.3 Å². The van der Waals surface area contributed by atoms with Crippen LogP contribution in [0.4, 0.5) is 0 Å². The van der Waals surface area contributed by atoms with Crippen molar-refractivity contribution in [2.45, 2.75) is 17.6 Å². The number of carbonyl (C=O) groups is 2. The summed E-state index contributed by atoms with van der Waals surface area (Å²) in [5.41, 5.74) is 1.58. The highest BCUT2D eigenvalue weighted by atomic mass is 79.9. The Morgan fingerprint density at radius 3 is 2.18 bits per heavy atom. The molecule has 0 aliphatic carbocycles. The van der Waals surface area contributed by atoms with E-state index in [-0.39, 0.29) is 22.2 Å². The van der Waals surface area contributed by atoms with Crippen LogP contribution in [0.2, 0.25) is 0 Å². The van der Waals surface area contributed by atoms with Crippen LogP contribution in [0.5, 0.6) is 0 Å². The molecule has 5 nitrogen and oxygen atoms in total. The molecule has 7 heteroatoms. The van der Waals surface area contributed by atoms with Gasteiger partial charge in [0, 0.05) is 33.6 Å². The SMILES string of the molecule is CC(=O)c1ccc(S(=O)(=O)Cc2ccc(Br)cc2C(=O)c2ccncc2)cc1. The summed E-state index contributed by atoms with van der Waals surface area (Å²) in [4.78, 5) is 28.3. The van der Waals surface area contributed by atoms with Crippen LogP contribution in [-0.2, 0) is 15.6 Å². The largest absolute Gasteiger partial charge is 0.295 e. The van der Waals surface area contributed by atoms with Gasteiger partial charge in [0.1, 0.15) is 0 Å². The predicted octanol–water partition coefficient (Wildman–Crippen LogP) is 4.25. The molecule has 0 N–H and O–H groups in total. The molecule has 0 saturated heterocycles. The van der Waals surface area contributed by atoms with Crippen LogP contribution < -0.4 is 0 Å². The highest BCUT2D eigenvalue weighted by Crippen LogP contribution is 2.24. The van der Waals surface area contributed by atoms with Crippen LogP contribution in [0.1, 0.15) is 38.8 Å². The molecule has 1 aromatic heterocycles. The molecule has 0 amide bonds. The van der Waals surface area contributed by atoms with Crippen molar-refractivity contribution in [3.05, 3.63) is 93.7 Å². The van der Waals surface area contributed by atoms with E-state index in [4.69, 9.17) is 0 Å². The summed E-state index contributed by atoms with van der Waals surface area (Å²) >= 11 is 3.34. The molecular formula is C21H16BrNO4S. The second-order valence-electron chi connectivity index (χ2n) is 6.21. The van der Waals surface area contributed by atoms with Gasteiger partial charge in [0.05, 0.1) is 10.6 Å². The van der Waals surface area contributed by atoms with Gasteiger partial charge in [-0.2, -0.15) is 0 Å². The molecule has 3 aromatic rings. The van der Waals surface area contributed by atoms with Gasteiger partial charge in [0.25, 0.3) is 0 Å². The zero-order valence-corrected chi connectivity index (χ0v) is 17.3. The van der Waals surface area contributed by atoms with E-state index >= 15 is 0 Å². The third kappa shape index (κ3) is 4.43. The Labute approximate surface area is 171 Å². The molecule has 0 atom stereocenters. The number of nitrogens with zero attached hydrogens (tertiary/aromatic N) is 1. The molecule has 3 rings (SSSR count). The second-order valence-corrected chi connectivity index (χ2v) is 9.11. The monoisotopic (exact) mass is 457 g/mol. The third-order valence-electron chi connectivity index (χ3n) is 4.22. The molecule has 0 unspecified atom stereocenters. The Morgan fingerprint density at radius 1 is 0.929 bits per heavy atom. The predicted molar refractivity (Wildman–Crippen MR) is 109 cm³/mol. The number of carbonyl (C=O) groups excluding carboxylic acids is 2. The molecule has 0 saturated carbocycles. The first-order valence-corrected chi connectivity index (χ1v) is 10.8. The van der Waals surface area contributed by atoms with Crippen molar-refractivity contribution in [2.24, 2.45) is 0 Å². The summed E-state index contributed by atoms with van der Waals surface area (Å²) in [6.45, 7) is 1.42. The van der Waals surface area contributed by atoms with Gasteiger partial charge >= 0.3 is 0 Å². The molecule has 0 aliphatic heterocycles. The third-order valence-corrected chi connectivity index (χ3v) is 6.40. The summed E-state index contributed by atoms with van der Waals surface area (Å²) in [7, 11) is -3.70. The van der Waals surface area contributed by atoms with Gasteiger partial charge in [-0.15, -0.1) is 0 Å². The standard InChI is InChI=1S/C21H16BrNO4S/c1-14(24)15-3-6-19(7-4-15)28(26,27)13-17-2-5-18(22)12-20(17)21(25)16-8-10-23-11-9-16/h2-12H,13H2,1H3. The van der Waals surface area contributed by atoms with Gasteiger partial charge in [-0.1, -0.05) is 34.1 Å². The lowest BCUT2D eigenvalue weighted by Gasteiger charge is -2.11. The molecule has 0 bridgehead atoms. The molecule has 0 fully saturated rings. The van der Waals surface area contributed by atoms with Crippen molar-refractivity contribution in [2.75, 3.05) is 0 Å². The van der Waals surface area contributed by atoms with Gasteiger partial charge in [-0.25, -0.2) is 8.42 Å². The van der Waals surface area contributed by atoms with Crippen LogP contribution in [-0.4, -0.2) is 25.0 Å². The van der Waals surface area contributed by atoms with Crippen molar-refractivity contribution in [3.63, 3.8) is 0 Å². The number of aromatic nitrogens is 1. The van der Waals surface area contributed by atoms with E-state index in [2.05, 4.69) is 20.9 Å². The van der Waals surface area contributed by atoms with Crippen molar-refractivity contribution in [3.8, 4) is 0 Å².